The van der Waals surface area contributed by atoms with Crippen LogP contribution < -0.4 is 21.1 Å². The highest BCUT2D eigenvalue weighted by atomic mass is 32.2. The number of aromatic nitrogens is 2. The fraction of sp³-hybridized carbons (Fsp3) is 0.214. The first kappa shape index (κ1) is 19.3. The molecule has 2 aromatic rings. The Hall–Kier alpha value is -3.02. The van der Waals surface area contributed by atoms with Gasteiger partial charge in [0.05, 0.1) is 11.4 Å². The van der Waals surface area contributed by atoms with Crippen LogP contribution in [-0.2, 0) is 10.0 Å². The van der Waals surface area contributed by atoms with Crippen molar-refractivity contribution in [3.63, 3.8) is 0 Å². The number of carbonyl (C=O) groups is 1. The molecule has 9 nitrogen and oxygen atoms in total. The van der Waals surface area contributed by atoms with E-state index in [4.69, 9.17) is 5.73 Å². The topological polar surface area (TPSA) is 139 Å². The lowest BCUT2D eigenvalue weighted by molar-refractivity contribution is 0.262. The Labute approximate surface area is 148 Å². The molecule has 0 spiro atoms. The second-order valence-electron chi connectivity index (χ2n) is 5.11. The molecule has 5 N–H and O–H groups in total. The Bertz CT molecular complexity index is 923. The van der Waals surface area contributed by atoms with Gasteiger partial charge >= 0.3 is 6.03 Å². The number of anilines is 4. The van der Waals surface area contributed by atoms with Crippen molar-refractivity contribution in [2.75, 3.05) is 26.8 Å². The number of nitrogen functional groups attached to an aromatic ring is 1. The summed E-state index contributed by atoms with van der Waals surface area (Å²) in [6.07, 6.45) is 1.41. The van der Waals surface area contributed by atoms with E-state index in [1.807, 2.05) is 10.0 Å². The quantitative estimate of drug-likeness (QED) is 0.600. The highest BCUT2D eigenvalue weighted by Crippen LogP contribution is 2.27. The monoisotopic (exact) mass is 386 g/mol. The predicted molar refractivity (Wildman–Crippen MR) is 93.1 cm³/mol. The number of nitrogens with zero attached hydrogens (tertiary/aromatic N) is 2. The van der Waals surface area contributed by atoms with Crippen molar-refractivity contribution in [2.45, 2.75) is 13.3 Å². The van der Waals surface area contributed by atoms with Crippen molar-refractivity contribution in [3.8, 4) is 0 Å². The molecule has 0 aliphatic rings. The summed E-state index contributed by atoms with van der Waals surface area (Å²) in [5.41, 5.74) is 4.13. The molecule has 0 bridgehead atoms. The summed E-state index contributed by atoms with van der Waals surface area (Å²) in [6.45, 7) is 1.64. The minimum atomic E-state index is -3.79. The van der Waals surface area contributed by atoms with Crippen LogP contribution in [0.25, 0.3) is 0 Å². The van der Waals surface area contributed by atoms with Gasteiger partial charge in [0, 0.05) is 6.07 Å². The highest BCUT2D eigenvalue weighted by Gasteiger charge is 2.19. The van der Waals surface area contributed by atoms with E-state index >= 15 is 0 Å². The van der Waals surface area contributed by atoms with Crippen molar-refractivity contribution in [1.82, 2.24) is 9.97 Å². The molecule has 0 saturated heterocycles. The predicted octanol–water partition coefficient (Wildman–Crippen LogP) is 2.13. The number of benzene rings is 1. The number of carbonyl (C=O) groups excluding carboxylic acids is 1. The molecule has 1 aromatic heterocycles. The van der Waals surface area contributed by atoms with Crippen molar-refractivity contribution in [2.24, 2.45) is 0 Å². The average molecular weight is 386 g/mol. The number of hydrogen-bond donors (Lipinski definition) is 4. The maximum Gasteiger partial charge on any atom is 0.325 e. The zero-order valence-corrected chi connectivity index (χ0v) is 14.4. The molecule has 12 heteroatoms. The first-order valence-electron chi connectivity index (χ1n) is 7.36. The molecular formula is C14H16F2N6O3S. The van der Waals surface area contributed by atoms with E-state index in [9.17, 15) is 22.0 Å². The van der Waals surface area contributed by atoms with Crippen molar-refractivity contribution in [1.29, 1.82) is 0 Å². The minimum absolute atomic E-state index is 0.00983. The lowest BCUT2D eigenvalue weighted by atomic mass is 10.2. The number of sulfonamides is 1. The molecule has 2 rings (SSSR count). The van der Waals surface area contributed by atoms with Gasteiger partial charge in [-0.3, -0.25) is 10.0 Å². The first-order chi connectivity index (χ1) is 12.2. The van der Waals surface area contributed by atoms with Crippen LogP contribution in [0.5, 0.6) is 0 Å². The third-order valence-electron chi connectivity index (χ3n) is 3.00. The minimum Gasteiger partial charge on any atom is -0.384 e. The summed E-state index contributed by atoms with van der Waals surface area (Å²) in [4.78, 5) is 19.2. The molecule has 26 heavy (non-hydrogen) atoms. The van der Waals surface area contributed by atoms with E-state index in [2.05, 4.69) is 15.3 Å². The van der Waals surface area contributed by atoms with Crippen LogP contribution in [0.2, 0.25) is 0 Å². The van der Waals surface area contributed by atoms with E-state index in [1.54, 1.807) is 6.92 Å². The fourth-order valence-electron chi connectivity index (χ4n) is 1.94. The summed E-state index contributed by atoms with van der Waals surface area (Å²) in [6, 6.07) is 1.98. The number of urea groups is 1. The van der Waals surface area contributed by atoms with Gasteiger partial charge in [-0.15, -0.1) is 0 Å². The molecule has 1 aromatic carbocycles. The molecule has 0 aliphatic heterocycles. The SMILES string of the molecule is CCCS(=O)(=O)Nc1ccc(F)c(NC(=O)Nc2cc(N)ncn2)c1F. The van der Waals surface area contributed by atoms with Gasteiger partial charge < -0.3 is 11.1 Å². The standard InChI is InChI=1S/C14H16F2N6O3S/c1-2-5-26(24,25)22-9-4-3-8(15)13(12(9)16)21-14(23)20-11-6-10(17)18-7-19-11/h3-4,6-7,22H,2,5H2,1H3,(H4,17,18,19,20,21,23). The van der Waals surface area contributed by atoms with Crippen molar-refractivity contribution < 1.29 is 22.0 Å². The second kappa shape index (κ2) is 7.91. The lowest BCUT2D eigenvalue weighted by Gasteiger charge is -2.13. The summed E-state index contributed by atoms with van der Waals surface area (Å²) < 4.78 is 53.8. The van der Waals surface area contributed by atoms with Crippen LogP contribution in [0.1, 0.15) is 13.3 Å². The zero-order chi connectivity index (χ0) is 19.3. The van der Waals surface area contributed by atoms with Gasteiger partial charge in [-0.05, 0) is 18.6 Å². The second-order valence-corrected chi connectivity index (χ2v) is 6.95. The first-order valence-corrected chi connectivity index (χ1v) is 9.01. The van der Waals surface area contributed by atoms with Gasteiger partial charge in [0.15, 0.2) is 5.82 Å². The van der Waals surface area contributed by atoms with Crippen LogP contribution in [-0.4, -0.2) is 30.2 Å². The summed E-state index contributed by atoms with van der Waals surface area (Å²) >= 11 is 0. The molecule has 0 saturated carbocycles. The zero-order valence-electron chi connectivity index (χ0n) is 13.6. The third-order valence-corrected chi connectivity index (χ3v) is 4.47. The maximum atomic E-state index is 14.4. The number of nitrogens with two attached hydrogens (primary N) is 1. The smallest absolute Gasteiger partial charge is 0.325 e. The van der Waals surface area contributed by atoms with Gasteiger partial charge in [0.1, 0.15) is 29.5 Å². The Kier molecular flexibility index (Phi) is 5.87. The molecule has 140 valence electrons. The molecule has 1 heterocycles. The normalized spacial score (nSPS) is 11.0. The summed E-state index contributed by atoms with van der Waals surface area (Å²) in [7, 11) is -3.79. The van der Waals surface area contributed by atoms with Crippen LogP contribution >= 0.6 is 0 Å². The van der Waals surface area contributed by atoms with Gasteiger partial charge in [0.2, 0.25) is 10.0 Å². The summed E-state index contributed by atoms with van der Waals surface area (Å²) in [5.74, 6) is -2.49. The molecule has 0 radical (unpaired) electrons. The van der Waals surface area contributed by atoms with Crippen LogP contribution in [0.4, 0.5) is 36.6 Å². The Morgan fingerprint density at radius 3 is 2.62 bits per heavy atom. The largest absolute Gasteiger partial charge is 0.384 e. The molecule has 0 fully saturated rings. The molecule has 0 aliphatic carbocycles. The molecule has 0 atom stereocenters. The number of nitrogens with one attached hydrogen (secondary N) is 3. The number of halogens is 2. The van der Waals surface area contributed by atoms with Crippen molar-refractivity contribution >= 4 is 39.1 Å². The number of amides is 2. The van der Waals surface area contributed by atoms with Crippen LogP contribution in [0, 0.1) is 11.6 Å². The fourth-order valence-corrected chi connectivity index (χ4v) is 3.07. The van der Waals surface area contributed by atoms with Crippen molar-refractivity contribution in [3.05, 3.63) is 36.2 Å². The highest BCUT2D eigenvalue weighted by molar-refractivity contribution is 7.92. The van der Waals surface area contributed by atoms with Gasteiger partial charge in [-0.25, -0.2) is 32.0 Å². The average Bonchev–Trinajstić information content (AvgIpc) is 2.54. The summed E-state index contributed by atoms with van der Waals surface area (Å²) in [5, 5.41) is 4.19. The van der Waals surface area contributed by atoms with E-state index in [0.29, 0.717) is 6.42 Å². The number of rotatable bonds is 6. The molecule has 2 amide bonds. The van der Waals surface area contributed by atoms with E-state index in [0.717, 1.165) is 18.5 Å². The van der Waals surface area contributed by atoms with Crippen LogP contribution in [0.15, 0.2) is 24.5 Å². The van der Waals surface area contributed by atoms with Gasteiger partial charge in [0.25, 0.3) is 0 Å². The Morgan fingerprint density at radius 1 is 1.23 bits per heavy atom. The Morgan fingerprint density at radius 2 is 1.96 bits per heavy atom. The van der Waals surface area contributed by atoms with Gasteiger partial charge in [-0.1, -0.05) is 6.92 Å². The van der Waals surface area contributed by atoms with Crippen LogP contribution in [0.3, 0.4) is 0 Å². The maximum absolute atomic E-state index is 14.4. The van der Waals surface area contributed by atoms with Gasteiger partial charge in [-0.2, -0.15) is 0 Å². The van der Waals surface area contributed by atoms with E-state index in [-0.39, 0.29) is 17.4 Å². The Balaban J connectivity index is 2.20. The number of hydrogen-bond acceptors (Lipinski definition) is 6. The third kappa shape index (κ3) is 4.99. The van der Waals surface area contributed by atoms with E-state index in [1.165, 1.54) is 6.07 Å². The molecular weight excluding hydrogens is 370 g/mol. The van der Waals surface area contributed by atoms with E-state index < -0.39 is 39.1 Å². The lowest BCUT2D eigenvalue weighted by Crippen LogP contribution is -2.23. The molecule has 0 unspecified atom stereocenters.